The van der Waals surface area contributed by atoms with E-state index < -0.39 is 11.2 Å². The van der Waals surface area contributed by atoms with Crippen LogP contribution in [0.25, 0.3) is 0 Å². The van der Waals surface area contributed by atoms with E-state index in [4.69, 9.17) is 17.3 Å². The summed E-state index contributed by atoms with van der Waals surface area (Å²) >= 11 is 5.66. The number of carbonyl (C=O) groups is 1. The highest BCUT2D eigenvalue weighted by atomic mass is 35.5. The maximum atomic E-state index is 13.7. The van der Waals surface area contributed by atoms with Crippen molar-refractivity contribution in [2.75, 3.05) is 11.9 Å². The Balaban J connectivity index is 2.97. The predicted octanol–water partition coefficient (Wildman–Crippen LogP) is 3.18. The number of hydrogen-bond donors (Lipinski definition) is 2. The van der Waals surface area contributed by atoms with E-state index >= 15 is 0 Å². The first-order chi connectivity index (χ1) is 8.50. The molecule has 0 aliphatic carbocycles. The molecule has 1 aromatic rings. The number of nitrogens with two attached hydrogens (primary N) is 1. The Morgan fingerprint density at radius 2 is 2.06 bits per heavy atom. The Labute approximate surface area is 112 Å². The van der Waals surface area contributed by atoms with Crippen molar-refractivity contribution in [3.63, 3.8) is 0 Å². The van der Waals surface area contributed by atoms with Crippen LogP contribution in [0.1, 0.15) is 26.7 Å². The van der Waals surface area contributed by atoms with Crippen LogP contribution in [0.15, 0.2) is 18.2 Å². The van der Waals surface area contributed by atoms with Crippen LogP contribution in [-0.4, -0.2) is 12.5 Å². The minimum atomic E-state index is -0.658. The quantitative estimate of drug-likeness (QED) is 0.865. The third-order valence-corrected chi connectivity index (χ3v) is 3.72. The van der Waals surface area contributed by atoms with Crippen molar-refractivity contribution in [2.45, 2.75) is 26.7 Å². The minimum absolute atomic E-state index is 0.0147. The van der Waals surface area contributed by atoms with Gasteiger partial charge in [0.1, 0.15) is 0 Å². The fourth-order valence-electron chi connectivity index (χ4n) is 1.81. The van der Waals surface area contributed by atoms with Crippen LogP contribution < -0.4 is 11.1 Å². The van der Waals surface area contributed by atoms with Gasteiger partial charge in [-0.05, 0) is 25.0 Å². The molecule has 1 rings (SSSR count). The van der Waals surface area contributed by atoms with E-state index in [2.05, 4.69) is 5.32 Å². The van der Waals surface area contributed by atoms with Gasteiger partial charge >= 0.3 is 0 Å². The molecule has 0 aromatic heterocycles. The standard InChI is InChI=1S/C13H18ClFN2O/c1-3-13(4-2,8-16)12(18)17-10-7-5-6-9(14)11(10)15/h5-7H,3-4,8,16H2,1-2H3,(H,17,18). The fourth-order valence-corrected chi connectivity index (χ4v) is 1.98. The second-order valence-corrected chi connectivity index (χ2v) is 4.65. The minimum Gasteiger partial charge on any atom is -0.329 e. The summed E-state index contributed by atoms with van der Waals surface area (Å²) in [6.07, 6.45) is 1.21. The van der Waals surface area contributed by atoms with Crippen molar-refractivity contribution >= 4 is 23.2 Å². The van der Waals surface area contributed by atoms with Gasteiger partial charge in [0.05, 0.1) is 16.1 Å². The highest BCUT2D eigenvalue weighted by Gasteiger charge is 2.33. The van der Waals surface area contributed by atoms with E-state index in [1.807, 2.05) is 13.8 Å². The van der Waals surface area contributed by atoms with Crippen LogP contribution in [0.3, 0.4) is 0 Å². The zero-order chi connectivity index (χ0) is 13.8. The average molecular weight is 273 g/mol. The zero-order valence-corrected chi connectivity index (χ0v) is 11.4. The van der Waals surface area contributed by atoms with Crippen molar-refractivity contribution in [1.29, 1.82) is 0 Å². The molecule has 3 N–H and O–H groups in total. The topological polar surface area (TPSA) is 55.1 Å². The van der Waals surface area contributed by atoms with E-state index in [1.165, 1.54) is 12.1 Å². The maximum Gasteiger partial charge on any atom is 0.231 e. The largest absolute Gasteiger partial charge is 0.329 e. The molecule has 0 fully saturated rings. The molecule has 1 amide bonds. The average Bonchev–Trinajstić information content (AvgIpc) is 2.38. The lowest BCUT2D eigenvalue weighted by Gasteiger charge is -2.28. The van der Waals surface area contributed by atoms with Crippen molar-refractivity contribution in [1.82, 2.24) is 0 Å². The summed E-state index contributed by atoms with van der Waals surface area (Å²) in [6.45, 7) is 4.02. The Morgan fingerprint density at radius 3 is 2.56 bits per heavy atom. The summed E-state index contributed by atoms with van der Waals surface area (Å²) in [7, 11) is 0. The molecule has 100 valence electrons. The summed E-state index contributed by atoms with van der Waals surface area (Å²) in [5, 5.41) is 2.55. The molecule has 0 unspecified atom stereocenters. The molecule has 0 atom stereocenters. The second-order valence-electron chi connectivity index (χ2n) is 4.25. The molecule has 0 saturated heterocycles. The first kappa shape index (κ1) is 14.9. The van der Waals surface area contributed by atoms with Crippen molar-refractivity contribution in [3.8, 4) is 0 Å². The van der Waals surface area contributed by atoms with E-state index in [-0.39, 0.29) is 23.2 Å². The lowest BCUT2D eigenvalue weighted by atomic mass is 9.81. The third kappa shape index (κ3) is 2.82. The zero-order valence-electron chi connectivity index (χ0n) is 10.6. The monoisotopic (exact) mass is 272 g/mol. The predicted molar refractivity (Wildman–Crippen MR) is 72.1 cm³/mol. The van der Waals surface area contributed by atoms with Gasteiger partial charge in [-0.2, -0.15) is 0 Å². The number of rotatable bonds is 5. The Bertz CT molecular complexity index is 425. The van der Waals surface area contributed by atoms with Gasteiger partial charge in [0.25, 0.3) is 0 Å². The van der Waals surface area contributed by atoms with Crippen LogP contribution in [0, 0.1) is 11.2 Å². The smallest absolute Gasteiger partial charge is 0.231 e. The lowest BCUT2D eigenvalue weighted by molar-refractivity contribution is -0.125. The summed E-state index contributed by atoms with van der Waals surface area (Å²) in [6, 6.07) is 4.50. The molecular weight excluding hydrogens is 255 g/mol. The van der Waals surface area contributed by atoms with Gasteiger partial charge in [0.15, 0.2) is 5.82 Å². The van der Waals surface area contributed by atoms with E-state index in [9.17, 15) is 9.18 Å². The van der Waals surface area contributed by atoms with Crippen LogP contribution in [0.2, 0.25) is 5.02 Å². The third-order valence-electron chi connectivity index (χ3n) is 3.43. The first-order valence-corrected chi connectivity index (χ1v) is 6.34. The Kier molecular flexibility index (Phi) is 5.11. The highest BCUT2D eigenvalue weighted by Crippen LogP contribution is 2.29. The van der Waals surface area contributed by atoms with Crippen molar-refractivity contribution in [3.05, 3.63) is 29.0 Å². The Morgan fingerprint density at radius 1 is 1.44 bits per heavy atom. The first-order valence-electron chi connectivity index (χ1n) is 5.96. The van der Waals surface area contributed by atoms with Gasteiger partial charge in [-0.15, -0.1) is 0 Å². The molecular formula is C13H18ClFN2O. The number of hydrogen-bond acceptors (Lipinski definition) is 2. The van der Waals surface area contributed by atoms with Crippen molar-refractivity contribution < 1.29 is 9.18 Å². The van der Waals surface area contributed by atoms with E-state index in [1.54, 1.807) is 6.07 Å². The van der Waals surface area contributed by atoms with E-state index in [0.717, 1.165) is 0 Å². The SMILES string of the molecule is CCC(CC)(CN)C(=O)Nc1cccc(Cl)c1F. The van der Waals surface area contributed by atoms with Gasteiger partial charge in [0.2, 0.25) is 5.91 Å². The van der Waals surface area contributed by atoms with Crippen LogP contribution in [0.4, 0.5) is 10.1 Å². The molecule has 0 radical (unpaired) electrons. The summed E-state index contributed by atoms with van der Waals surface area (Å²) in [5.41, 5.74) is 5.10. The van der Waals surface area contributed by atoms with Crippen LogP contribution >= 0.6 is 11.6 Å². The lowest BCUT2D eigenvalue weighted by Crippen LogP contribution is -2.41. The number of anilines is 1. The molecule has 0 aliphatic rings. The fraction of sp³-hybridized carbons (Fsp3) is 0.462. The van der Waals surface area contributed by atoms with Crippen LogP contribution in [0.5, 0.6) is 0 Å². The normalized spacial score (nSPS) is 11.4. The van der Waals surface area contributed by atoms with Crippen LogP contribution in [-0.2, 0) is 4.79 Å². The van der Waals surface area contributed by atoms with Gasteiger partial charge in [-0.25, -0.2) is 4.39 Å². The van der Waals surface area contributed by atoms with Gasteiger partial charge in [-0.3, -0.25) is 4.79 Å². The Hall–Kier alpha value is -1.13. The molecule has 0 heterocycles. The molecule has 0 aliphatic heterocycles. The molecule has 0 bridgehead atoms. The molecule has 5 heteroatoms. The second kappa shape index (κ2) is 6.16. The number of amides is 1. The summed E-state index contributed by atoms with van der Waals surface area (Å²) < 4.78 is 13.7. The van der Waals surface area contributed by atoms with E-state index in [0.29, 0.717) is 12.8 Å². The number of benzene rings is 1. The molecule has 0 spiro atoms. The molecule has 3 nitrogen and oxygen atoms in total. The van der Waals surface area contributed by atoms with Gasteiger partial charge in [-0.1, -0.05) is 31.5 Å². The highest BCUT2D eigenvalue weighted by molar-refractivity contribution is 6.31. The molecule has 18 heavy (non-hydrogen) atoms. The van der Waals surface area contributed by atoms with Gasteiger partial charge < -0.3 is 11.1 Å². The summed E-state index contributed by atoms with van der Waals surface area (Å²) in [5.74, 6) is -0.887. The summed E-state index contributed by atoms with van der Waals surface area (Å²) in [4.78, 5) is 12.2. The van der Waals surface area contributed by atoms with Crippen molar-refractivity contribution in [2.24, 2.45) is 11.1 Å². The number of halogens is 2. The maximum absolute atomic E-state index is 13.7. The number of carbonyl (C=O) groups excluding carboxylic acids is 1. The van der Waals surface area contributed by atoms with Gasteiger partial charge in [0, 0.05) is 6.54 Å². The molecule has 0 saturated carbocycles. The molecule has 1 aromatic carbocycles. The number of nitrogens with one attached hydrogen (secondary N) is 1.